The number of aliphatic carboxylic acids is 1. The van der Waals surface area contributed by atoms with Gasteiger partial charge < -0.3 is 10.2 Å². The van der Waals surface area contributed by atoms with Crippen molar-refractivity contribution in [1.29, 1.82) is 0 Å². The Labute approximate surface area is 95.7 Å². The molecule has 16 heavy (non-hydrogen) atoms. The van der Waals surface area contributed by atoms with Gasteiger partial charge in [-0.05, 0) is 30.0 Å². The van der Waals surface area contributed by atoms with E-state index in [9.17, 15) is 9.90 Å². The first-order valence-electron chi connectivity index (χ1n) is 5.64. The van der Waals surface area contributed by atoms with Crippen molar-refractivity contribution in [2.75, 3.05) is 0 Å². The maximum absolute atomic E-state index is 10.8. The van der Waals surface area contributed by atoms with Gasteiger partial charge in [-0.2, -0.15) is 0 Å². The molecule has 0 aromatic heterocycles. The molecule has 3 heteroatoms. The predicted octanol–water partition coefficient (Wildman–Crippen LogP) is 3.14. The molecule has 0 amide bonds. The molecular formula is C13H18O3. The van der Waals surface area contributed by atoms with Crippen molar-refractivity contribution in [3.63, 3.8) is 0 Å². The Hall–Kier alpha value is -1.51. The summed E-state index contributed by atoms with van der Waals surface area (Å²) in [6, 6.07) is 6.82. The molecule has 0 aliphatic carbocycles. The third-order valence-electron chi connectivity index (χ3n) is 2.69. The van der Waals surface area contributed by atoms with E-state index >= 15 is 0 Å². The molecule has 0 bridgehead atoms. The Morgan fingerprint density at radius 3 is 2.44 bits per heavy atom. The van der Waals surface area contributed by atoms with Crippen LogP contribution in [0.2, 0.25) is 0 Å². The van der Waals surface area contributed by atoms with Crippen LogP contribution in [0.25, 0.3) is 0 Å². The van der Waals surface area contributed by atoms with Crippen LogP contribution in [-0.4, -0.2) is 16.2 Å². The molecule has 1 aromatic rings. The third kappa shape index (κ3) is 3.93. The van der Waals surface area contributed by atoms with Gasteiger partial charge in [-0.15, -0.1) is 0 Å². The molecule has 1 unspecified atom stereocenters. The number of phenols is 1. The normalized spacial score (nSPS) is 12.3. The van der Waals surface area contributed by atoms with E-state index in [-0.39, 0.29) is 18.1 Å². The highest BCUT2D eigenvalue weighted by Gasteiger charge is 2.14. The van der Waals surface area contributed by atoms with Crippen LogP contribution in [0.4, 0.5) is 0 Å². The van der Waals surface area contributed by atoms with Gasteiger partial charge in [0, 0.05) is 0 Å². The van der Waals surface area contributed by atoms with E-state index in [1.807, 2.05) is 0 Å². The van der Waals surface area contributed by atoms with E-state index < -0.39 is 5.97 Å². The van der Waals surface area contributed by atoms with Crippen LogP contribution in [-0.2, 0) is 4.79 Å². The molecule has 0 saturated carbocycles. The standard InChI is InChI=1S/C13H18O3/c1-2-3-4-11(9-13(15)16)10-5-7-12(14)8-6-10/h5-8,11,14H,2-4,9H2,1H3,(H,15,16). The third-order valence-corrected chi connectivity index (χ3v) is 2.69. The molecule has 0 aliphatic rings. The topological polar surface area (TPSA) is 57.5 Å². The Balaban J connectivity index is 2.74. The minimum Gasteiger partial charge on any atom is -0.508 e. The molecule has 88 valence electrons. The number of hydrogen-bond acceptors (Lipinski definition) is 2. The number of rotatable bonds is 6. The number of hydrogen-bond donors (Lipinski definition) is 2. The van der Waals surface area contributed by atoms with Crippen LogP contribution in [0.1, 0.15) is 44.1 Å². The van der Waals surface area contributed by atoms with Gasteiger partial charge >= 0.3 is 5.97 Å². The van der Waals surface area contributed by atoms with Gasteiger partial charge in [-0.3, -0.25) is 4.79 Å². The van der Waals surface area contributed by atoms with E-state index in [1.165, 1.54) is 0 Å². The lowest BCUT2D eigenvalue weighted by Crippen LogP contribution is -2.06. The molecule has 0 radical (unpaired) electrons. The number of phenolic OH excluding ortho intramolecular Hbond substituents is 1. The first kappa shape index (κ1) is 12.6. The summed E-state index contributed by atoms with van der Waals surface area (Å²) in [4.78, 5) is 10.8. The molecule has 0 saturated heterocycles. The zero-order valence-electron chi connectivity index (χ0n) is 9.52. The van der Waals surface area contributed by atoms with Crippen LogP contribution >= 0.6 is 0 Å². The van der Waals surface area contributed by atoms with Gasteiger partial charge in [0.05, 0.1) is 6.42 Å². The van der Waals surface area contributed by atoms with Gasteiger partial charge in [-0.25, -0.2) is 0 Å². The smallest absolute Gasteiger partial charge is 0.303 e. The number of unbranched alkanes of at least 4 members (excludes halogenated alkanes) is 1. The summed E-state index contributed by atoms with van der Waals surface area (Å²) in [5, 5.41) is 18.0. The maximum Gasteiger partial charge on any atom is 0.303 e. The molecule has 3 nitrogen and oxygen atoms in total. The Morgan fingerprint density at radius 1 is 1.31 bits per heavy atom. The Bertz CT molecular complexity index is 330. The number of benzene rings is 1. The first-order chi connectivity index (χ1) is 7.63. The van der Waals surface area contributed by atoms with Crippen molar-refractivity contribution in [3.8, 4) is 5.75 Å². The van der Waals surface area contributed by atoms with Crippen molar-refractivity contribution in [2.45, 2.75) is 38.5 Å². The fourth-order valence-corrected chi connectivity index (χ4v) is 1.79. The molecular weight excluding hydrogens is 204 g/mol. The molecule has 0 fully saturated rings. The van der Waals surface area contributed by atoms with Crippen molar-refractivity contribution in [2.24, 2.45) is 0 Å². The number of carbonyl (C=O) groups is 1. The Morgan fingerprint density at radius 2 is 1.94 bits per heavy atom. The summed E-state index contributed by atoms with van der Waals surface area (Å²) in [5.74, 6) is -0.499. The minimum atomic E-state index is -0.769. The lowest BCUT2D eigenvalue weighted by molar-refractivity contribution is -0.137. The second kappa shape index (κ2) is 6.16. The summed E-state index contributed by atoms with van der Waals surface area (Å²) >= 11 is 0. The summed E-state index contributed by atoms with van der Waals surface area (Å²) in [6.45, 7) is 2.09. The lowest BCUT2D eigenvalue weighted by atomic mass is 9.91. The number of carboxylic acids is 1. The monoisotopic (exact) mass is 222 g/mol. The van der Waals surface area contributed by atoms with E-state index in [1.54, 1.807) is 24.3 Å². The van der Waals surface area contributed by atoms with Crippen LogP contribution in [0.5, 0.6) is 5.75 Å². The highest BCUT2D eigenvalue weighted by Crippen LogP contribution is 2.26. The van der Waals surface area contributed by atoms with E-state index in [2.05, 4.69) is 6.92 Å². The molecule has 0 aliphatic heterocycles. The van der Waals surface area contributed by atoms with Gasteiger partial charge in [0.15, 0.2) is 0 Å². The zero-order valence-corrected chi connectivity index (χ0v) is 9.52. The van der Waals surface area contributed by atoms with Gasteiger partial charge in [0.1, 0.15) is 5.75 Å². The molecule has 0 heterocycles. The van der Waals surface area contributed by atoms with Gasteiger partial charge in [0.2, 0.25) is 0 Å². The molecule has 2 N–H and O–H groups in total. The molecule has 1 atom stereocenters. The first-order valence-corrected chi connectivity index (χ1v) is 5.64. The van der Waals surface area contributed by atoms with E-state index in [4.69, 9.17) is 5.11 Å². The minimum absolute atomic E-state index is 0.0537. The fourth-order valence-electron chi connectivity index (χ4n) is 1.79. The summed E-state index contributed by atoms with van der Waals surface area (Å²) in [7, 11) is 0. The molecule has 1 aromatic carbocycles. The highest BCUT2D eigenvalue weighted by molar-refractivity contribution is 5.68. The molecule has 0 spiro atoms. The van der Waals surface area contributed by atoms with Gasteiger partial charge in [-0.1, -0.05) is 31.9 Å². The van der Waals surface area contributed by atoms with Crippen molar-refractivity contribution in [3.05, 3.63) is 29.8 Å². The summed E-state index contributed by atoms with van der Waals surface area (Å²) in [5.41, 5.74) is 0.994. The quantitative estimate of drug-likeness (QED) is 0.777. The van der Waals surface area contributed by atoms with E-state index in [0.717, 1.165) is 24.8 Å². The van der Waals surface area contributed by atoms with Crippen LogP contribution in [0.15, 0.2) is 24.3 Å². The van der Waals surface area contributed by atoms with Crippen LogP contribution < -0.4 is 0 Å². The zero-order chi connectivity index (χ0) is 12.0. The predicted molar refractivity (Wildman–Crippen MR) is 62.6 cm³/mol. The largest absolute Gasteiger partial charge is 0.508 e. The number of aromatic hydroxyl groups is 1. The molecule has 1 rings (SSSR count). The maximum atomic E-state index is 10.8. The summed E-state index contributed by atoms with van der Waals surface area (Å²) < 4.78 is 0. The Kier molecular flexibility index (Phi) is 4.83. The van der Waals surface area contributed by atoms with E-state index in [0.29, 0.717) is 0 Å². The SMILES string of the molecule is CCCCC(CC(=O)O)c1ccc(O)cc1. The highest BCUT2D eigenvalue weighted by atomic mass is 16.4. The fraction of sp³-hybridized carbons (Fsp3) is 0.462. The average Bonchev–Trinajstić information content (AvgIpc) is 2.25. The lowest BCUT2D eigenvalue weighted by Gasteiger charge is -2.14. The van der Waals surface area contributed by atoms with Gasteiger partial charge in [0.25, 0.3) is 0 Å². The average molecular weight is 222 g/mol. The second-order valence-corrected chi connectivity index (χ2v) is 4.03. The summed E-state index contributed by atoms with van der Waals surface area (Å²) in [6.07, 6.45) is 3.13. The second-order valence-electron chi connectivity index (χ2n) is 4.03. The van der Waals surface area contributed by atoms with Crippen molar-refractivity contribution >= 4 is 5.97 Å². The van der Waals surface area contributed by atoms with Crippen molar-refractivity contribution < 1.29 is 15.0 Å². The van der Waals surface area contributed by atoms with Crippen LogP contribution in [0, 0.1) is 0 Å². The van der Waals surface area contributed by atoms with Crippen molar-refractivity contribution in [1.82, 2.24) is 0 Å². The number of carboxylic acid groups (broad SMARTS) is 1. The van der Waals surface area contributed by atoms with Crippen LogP contribution in [0.3, 0.4) is 0 Å².